The molecule has 0 spiro atoms. The molecule has 2 unspecified atom stereocenters. The van der Waals surface area contributed by atoms with Crippen LogP contribution in [-0.4, -0.2) is 47.4 Å². The van der Waals surface area contributed by atoms with Gasteiger partial charge in [-0.1, -0.05) is 30.3 Å². The molecule has 0 saturated carbocycles. The molecule has 2 atom stereocenters. The number of aliphatic carboxylic acids is 1. The van der Waals surface area contributed by atoms with Crippen molar-refractivity contribution in [1.82, 2.24) is 10.2 Å². The Morgan fingerprint density at radius 3 is 2.59 bits per heavy atom. The van der Waals surface area contributed by atoms with E-state index in [-0.39, 0.29) is 24.8 Å². The molecule has 6 nitrogen and oxygen atoms in total. The summed E-state index contributed by atoms with van der Waals surface area (Å²) in [5.41, 5.74) is 0.646. The molecule has 1 aromatic carbocycles. The van der Waals surface area contributed by atoms with Gasteiger partial charge in [0, 0.05) is 26.1 Å². The van der Waals surface area contributed by atoms with Crippen molar-refractivity contribution in [3.8, 4) is 0 Å². The minimum atomic E-state index is -0.982. The van der Waals surface area contributed by atoms with Crippen LogP contribution in [0.3, 0.4) is 0 Å². The van der Waals surface area contributed by atoms with Gasteiger partial charge in [0.25, 0.3) is 0 Å². The molecule has 1 heterocycles. The summed E-state index contributed by atoms with van der Waals surface area (Å²) in [6.45, 7) is 2.89. The summed E-state index contributed by atoms with van der Waals surface area (Å²) in [6, 6.07) is 8.79. The fraction of sp³-hybridized carbons (Fsp3) is 0.438. The molecule has 1 aliphatic heterocycles. The number of carboxylic acid groups (broad SMARTS) is 1. The minimum absolute atomic E-state index is 0.0228. The maximum Gasteiger partial charge on any atom is 0.312 e. The Kier molecular flexibility index (Phi) is 5.14. The summed E-state index contributed by atoms with van der Waals surface area (Å²) in [7, 11) is 0. The van der Waals surface area contributed by atoms with Gasteiger partial charge in [0.15, 0.2) is 0 Å². The van der Waals surface area contributed by atoms with Crippen LogP contribution < -0.4 is 5.32 Å². The summed E-state index contributed by atoms with van der Waals surface area (Å²) < 4.78 is 0. The second kappa shape index (κ2) is 7.06. The summed E-state index contributed by atoms with van der Waals surface area (Å²) in [6.07, 6.45) is 0.197. The molecule has 0 aliphatic carbocycles. The number of nitrogens with zero attached hydrogens (tertiary/aromatic N) is 1. The van der Waals surface area contributed by atoms with E-state index in [9.17, 15) is 19.5 Å². The molecule has 1 aliphatic rings. The van der Waals surface area contributed by atoms with E-state index in [1.54, 1.807) is 29.2 Å². The molecule has 0 radical (unpaired) electrons. The number of benzene rings is 1. The largest absolute Gasteiger partial charge is 0.481 e. The number of carbonyl (C=O) groups excluding carboxylic acids is 2. The molecule has 0 bridgehead atoms. The van der Waals surface area contributed by atoms with Gasteiger partial charge in [-0.2, -0.15) is 0 Å². The predicted molar refractivity (Wildman–Crippen MR) is 80.2 cm³/mol. The highest BCUT2D eigenvalue weighted by Gasteiger charge is 2.33. The van der Waals surface area contributed by atoms with Gasteiger partial charge in [-0.15, -0.1) is 0 Å². The smallest absolute Gasteiger partial charge is 0.312 e. The Bertz CT molecular complexity index is 559. The third-order valence-corrected chi connectivity index (χ3v) is 3.95. The van der Waals surface area contributed by atoms with E-state index in [2.05, 4.69) is 5.32 Å². The first kappa shape index (κ1) is 16.0. The number of hydrogen-bond donors (Lipinski definition) is 2. The van der Waals surface area contributed by atoms with E-state index >= 15 is 0 Å². The van der Waals surface area contributed by atoms with E-state index in [1.165, 1.54) is 0 Å². The van der Waals surface area contributed by atoms with Gasteiger partial charge >= 0.3 is 5.97 Å². The highest BCUT2D eigenvalue weighted by atomic mass is 16.4. The highest BCUT2D eigenvalue weighted by Crippen LogP contribution is 2.19. The van der Waals surface area contributed by atoms with Gasteiger partial charge < -0.3 is 15.3 Å². The van der Waals surface area contributed by atoms with E-state index in [4.69, 9.17) is 0 Å². The molecule has 2 N–H and O–H groups in total. The lowest BCUT2D eigenvalue weighted by Crippen LogP contribution is -2.37. The zero-order valence-electron chi connectivity index (χ0n) is 12.5. The molecule has 1 fully saturated rings. The Morgan fingerprint density at radius 1 is 1.36 bits per heavy atom. The number of nitrogens with one attached hydrogen (secondary N) is 1. The molecule has 22 heavy (non-hydrogen) atoms. The van der Waals surface area contributed by atoms with Crippen LogP contribution in [0.15, 0.2) is 30.3 Å². The van der Waals surface area contributed by atoms with Crippen molar-refractivity contribution < 1.29 is 19.5 Å². The van der Waals surface area contributed by atoms with Gasteiger partial charge in [-0.3, -0.25) is 14.4 Å². The van der Waals surface area contributed by atoms with Crippen LogP contribution in [0, 0.1) is 5.92 Å². The lowest BCUT2D eigenvalue weighted by Gasteiger charge is -2.16. The van der Waals surface area contributed by atoms with Crippen molar-refractivity contribution in [3.05, 3.63) is 35.9 Å². The van der Waals surface area contributed by atoms with Gasteiger partial charge in [0.05, 0.1) is 11.8 Å². The normalized spacial score (nSPS) is 19.0. The topological polar surface area (TPSA) is 86.7 Å². The third-order valence-electron chi connectivity index (χ3n) is 3.95. The number of carbonyl (C=O) groups is 3. The fourth-order valence-corrected chi connectivity index (χ4v) is 2.63. The van der Waals surface area contributed by atoms with Crippen molar-refractivity contribution in [3.63, 3.8) is 0 Å². The average molecular weight is 304 g/mol. The molecule has 2 amide bonds. The second-order valence-corrected chi connectivity index (χ2v) is 5.38. The Balaban J connectivity index is 1.94. The van der Waals surface area contributed by atoms with Gasteiger partial charge in [0.2, 0.25) is 11.8 Å². The first-order valence-electron chi connectivity index (χ1n) is 7.36. The number of amides is 2. The minimum Gasteiger partial charge on any atom is -0.481 e. The van der Waals surface area contributed by atoms with Crippen molar-refractivity contribution in [1.29, 1.82) is 0 Å². The van der Waals surface area contributed by atoms with Gasteiger partial charge in [-0.05, 0) is 12.5 Å². The van der Waals surface area contributed by atoms with Gasteiger partial charge in [-0.25, -0.2) is 0 Å². The van der Waals surface area contributed by atoms with Gasteiger partial charge in [0.1, 0.15) is 0 Å². The fourth-order valence-electron chi connectivity index (χ4n) is 2.63. The number of hydrogen-bond acceptors (Lipinski definition) is 3. The molecular formula is C16H20N2O4. The van der Waals surface area contributed by atoms with Crippen LogP contribution in [0.5, 0.6) is 0 Å². The summed E-state index contributed by atoms with van der Waals surface area (Å²) in [5.74, 6) is -2.45. The SMILES string of the molecule is CCN1CC(C(=O)NCC(C(=O)O)c2ccccc2)CC1=O. The zero-order chi connectivity index (χ0) is 16.1. The maximum absolute atomic E-state index is 12.1. The molecule has 6 heteroatoms. The first-order valence-corrected chi connectivity index (χ1v) is 7.36. The quantitative estimate of drug-likeness (QED) is 0.815. The van der Waals surface area contributed by atoms with Crippen molar-refractivity contribution >= 4 is 17.8 Å². The second-order valence-electron chi connectivity index (χ2n) is 5.38. The Hall–Kier alpha value is -2.37. The maximum atomic E-state index is 12.1. The van der Waals surface area contributed by atoms with E-state index in [0.717, 1.165) is 0 Å². The Morgan fingerprint density at radius 2 is 2.05 bits per heavy atom. The number of carboxylic acids is 1. The standard InChI is InChI=1S/C16H20N2O4/c1-2-18-10-12(8-14(18)19)15(20)17-9-13(16(21)22)11-6-4-3-5-7-11/h3-7,12-13H,2,8-10H2,1H3,(H,17,20)(H,21,22). The lowest BCUT2D eigenvalue weighted by atomic mass is 9.99. The molecule has 2 rings (SSSR count). The molecule has 0 aromatic heterocycles. The lowest BCUT2D eigenvalue weighted by molar-refractivity contribution is -0.139. The van der Waals surface area contributed by atoms with Crippen LogP contribution in [0.2, 0.25) is 0 Å². The molecule has 1 saturated heterocycles. The molecule has 1 aromatic rings. The highest BCUT2D eigenvalue weighted by molar-refractivity contribution is 5.89. The predicted octanol–water partition coefficient (Wildman–Crippen LogP) is 0.839. The van der Waals surface area contributed by atoms with E-state index < -0.39 is 17.8 Å². The zero-order valence-corrected chi connectivity index (χ0v) is 12.5. The number of rotatable bonds is 6. The summed E-state index contributed by atoms with van der Waals surface area (Å²) >= 11 is 0. The van der Waals surface area contributed by atoms with E-state index in [0.29, 0.717) is 18.7 Å². The molecule has 118 valence electrons. The van der Waals surface area contributed by atoms with E-state index in [1.807, 2.05) is 13.0 Å². The van der Waals surface area contributed by atoms with Crippen molar-refractivity contribution in [2.45, 2.75) is 19.3 Å². The average Bonchev–Trinajstić information content (AvgIpc) is 2.89. The Labute approximate surface area is 129 Å². The van der Waals surface area contributed by atoms with Crippen LogP contribution in [0.25, 0.3) is 0 Å². The van der Waals surface area contributed by atoms with Crippen molar-refractivity contribution in [2.75, 3.05) is 19.6 Å². The van der Waals surface area contributed by atoms with Crippen LogP contribution in [-0.2, 0) is 14.4 Å². The third kappa shape index (κ3) is 3.63. The number of likely N-dealkylation sites (tertiary alicyclic amines) is 1. The van der Waals surface area contributed by atoms with Crippen molar-refractivity contribution in [2.24, 2.45) is 5.92 Å². The van der Waals surface area contributed by atoms with Crippen LogP contribution in [0.1, 0.15) is 24.8 Å². The summed E-state index contributed by atoms with van der Waals surface area (Å²) in [4.78, 5) is 36.8. The molecular weight excluding hydrogens is 284 g/mol. The van der Waals surface area contributed by atoms with Crippen LogP contribution >= 0.6 is 0 Å². The monoisotopic (exact) mass is 304 g/mol. The summed E-state index contributed by atoms with van der Waals surface area (Å²) in [5, 5.41) is 12.0. The van der Waals surface area contributed by atoms with Crippen LogP contribution in [0.4, 0.5) is 0 Å². The first-order chi connectivity index (χ1) is 10.5.